The summed E-state index contributed by atoms with van der Waals surface area (Å²) >= 11 is 6.20. The minimum Gasteiger partial charge on any atom is -0.485 e. The number of pyridine rings is 1. The summed E-state index contributed by atoms with van der Waals surface area (Å²) in [6, 6.07) is 5.03. The van der Waals surface area contributed by atoms with E-state index in [2.05, 4.69) is 10.3 Å². The molecule has 0 aliphatic carbocycles. The molecule has 0 saturated heterocycles. The van der Waals surface area contributed by atoms with E-state index in [0.29, 0.717) is 5.69 Å². The Labute approximate surface area is 183 Å². The molecule has 1 atom stereocenters. The number of aromatic nitrogens is 2. The number of carbonyl (C=O) groups is 1. The number of nitrogens with two attached hydrogens (primary N) is 1. The fraction of sp³-hybridized carbons (Fsp3) is 0.333. The van der Waals surface area contributed by atoms with Gasteiger partial charge in [0.15, 0.2) is 11.4 Å². The number of rotatable bonds is 8. The lowest BCUT2D eigenvalue weighted by Crippen LogP contribution is -2.51. The third-order valence-electron chi connectivity index (χ3n) is 4.60. The van der Waals surface area contributed by atoms with E-state index in [4.69, 9.17) is 26.8 Å². The second-order valence-electron chi connectivity index (χ2n) is 7.52. The summed E-state index contributed by atoms with van der Waals surface area (Å²) in [5.74, 6) is -1.68. The Morgan fingerprint density at radius 2 is 2.03 bits per heavy atom. The number of fused-ring (bicyclic) bond motifs is 1. The van der Waals surface area contributed by atoms with Gasteiger partial charge in [-0.25, -0.2) is 13.8 Å². The topological polar surface area (TPSA) is 90.9 Å². The second kappa shape index (κ2) is 9.17. The molecular weight excluding hydrogens is 430 g/mol. The summed E-state index contributed by atoms with van der Waals surface area (Å²) in [5.41, 5.74) is 6.06. The second-order valence-corrected chi connectivity index (χ2v) is 7.96. The number of imidazole rings is 1. The first-order valence-corrected chi connectivity index (χ1v) is 9.80. The maximum atomic E-state index is 13.9. The van der Waals surface area contributed by atoms with Crippen LogP contribution in [0.5, 0.6) is 5.75 Å². The number of halogens is 3. The van der Waals surface area contributed by atoms with Crippen molar-refractivity contribution in [2.75, 3.05) is 20.3 Å². The number of nitrogens with zero attached hydrogens (tertiary/aromatic N) is 2. The van der Waals surface area contributed by atoms with Crippen molar-refractivity contribution in [3.8, 4) is 5.75 Å². The summed E-state index contributed by atoms with van der Waals surface area (Å²) < 4.78 is 40.0. The first kappa shape index (κ1) is 22.9. The Morgan fingerprint density at radius 1 is 1.35 bits per heavy atom. The maximum absolute atomic E-state index is 13.9. The summed E-state index contributed by atoms with van der Waals surface area (Å²) in [6.45, 7) is 3.47. The standard InChI is InChI=1S/C21H23ClF2N4O3/c1-12-18(20(29)26-10-21(2,25)11-30-3)28-8-13(22)7-17(19(28)27-12)31-9-14-15(23)5-4-6-16(14)24/h4-8H,9-11,25H2,1-3H3,(H,26,29). The predicted molar refractivity (Wildman–Crippen MR) is 112 cm³/mol. The molecule has 0 saturated carbocycles. The SMILES string of the molecule is COCC(C)(N)CNC(=O)c1c(C)nc2c(OCc3c(F)cccc3F)cc(Cl)cn12. The Balaban J connectivity index is 1.90. The van der Waals surface area contributed by atoms with Crippen molar-refractivity contribution in [2.45, 2.75) is 26.0 Å². The monoisotopic (exact) mass is 452 g/mol. The first-order chi connectivity index (χ1) is 14.6. The van der Waals surface area contributed by atoms with E-state index in [1.54, 1.807) is 13.8 Å². The number of methoxy groups -OCH3 is 1. The number of hydrogen-bond donors (Lipinski definition) is 2. The lowest BCUT2D eigenvalue weighted by molar-refractivity contribution is 0.0913. The minimum atomic E-state index is -0.755. The molecule has 3 aromatic rings. The smallest absolute Gasteiger partial charge is 0.270 e. The number of amides is 1. The van der Waals surface area contributed by atoms with Crippen LogP contribution in [-0.2, 0) is 11.3 Å². The van der Waals surface area contributed by atoms with Crippen molar-refractivity contribution in [2.24, 2.45) is 5.73 Å². The van der Waals surface area contributed by atoms with Crippen molar-refractivity contribution in [3.05, 3.63) is 64.1 Å². The van der Waals surface area contributed by atoms with Crippen LogP contribution in [0, 0.1) is 18.6 Å². The molecule has 0 bridgehead atoms. The molecule has 3 N–H and O–H groups in total. The molecule has 0 spiro atoms. The van der Waals surface area contributed by atoms with Gasteiger partial charge in [-0.1, -0.05) is 17.7 Å². The van der Waals surface area contributed by atoms with E-state index in [0.717, 1.165) is 12.1 Å². The lowest BCUT2D eigenvalue weighted by atomic mass is 10.1. The number of ether oxygens (including phenoxy) is 2. The molecule has 31 heavy (non-hydrogen) atoms. The Kier molecular flexibility index (Phi) is 6.78. The molecule has 1 amide bonds. The molecule has 2 heterocycles. The van der Waals surface area contributed by atoms with Gasteiger partial charge in [0.05, 0.1) is 28.4 Å². The number of carbonyl (C=O) groups excluding carboxylic acids is 1. The summed E-state index contributed by atoms with van der Waals surface area (Å²) in [4.78, 5) is 17.2. The van der Waals surface area contributed by atoms with E-state index < -0.39 is 23.1 Å². The van der Waals surface area contributed by atoms with Crippen molar-refractivity contribution in [3.63, 3.8) is 0 Å². The van der Waals surface area contributed by atoms with E-state index in [1.165, 1.54) is 29.8 Å². The zero-order valence-corrected chi connectivity index (χ0v) is 18.1. The minimum absolute atomic E-state index is 0.169. The summed E-state index contributed by atoms with van der Waals surface area (Å²) in [5, 5.41) is 3.02. The highest BCUT2D eigenvalue weighted by atomic mass is 35.5. The van der Waals surface area contributed by atoms with Gasteiger partial charge in [-0.15, -0.1) is 0 Å². The quantitative estimate of drug-likeness (QED) is 0.547. The van der Waals surface area contributed by atoms with Crippen LogP contribution < -0.4 is 15.8 Å². The van der Waals surface area contributed by atoms with Gasteiger partial charge < -0.3 is 20.5 Å². The van der Waals surface area contributed by atoms with Gasteiger partial charge in [-0.3, -0.25) is 9.20 Å². The van der Waals surface area contributed by atoms with Crippen LogP contribution >= 0.6 is 11.6 Å². The van der Waals surface area contributed by atoms with Crippen molar-refractivity contribution < 1.29 is 23.0 Å². The average Bonchev–Trinajstić information content (AvgIpc) is 3.01. The average molecular weight is 453 g/mol. The van der Waals surface area contributed by atoms with Crippen LogP contribution in [0.1, 0.15) is 28.7 Å². The van der Waals surface area contributed by atoms with Crippen LogP contribution in [0.3, 0.4) is 0 Å². The fourth-order valence-electron chi connectivity index (χ4n) is 3.14. The van der Waals surface area contributed by atoms with Gasteiger partial charge in [-0.05, 0) is 26.0 Å². The molecule has 0 aliphatic heterocycles. The summed E-state index contributed by atoms with van der Waals surface area (Å²) in [7, 11) is 1.53. The van der Waals surface area contributed by atoms with Crippen molar-refractivity contribution in [1.82, 2.24) is 14.7 Å². The van der Waals surface area contributed by atoms with E-state index >= 15 is 0 Å². The molecule has 7 nitrogen and oxygen atoms in total. The largest absolute Gasteiger partial charge is 0.485 e. The molecule has 1 aromatic carbocycles. The lowest BCUT2D eigenvalue weighted by Gasteiger charge is -2.23. The molecule has 1 unspecified atom stereocenters. The molecular formula is C21H23ClF2N4O3. The zero-order chi connectivity index (χ0) is 22.8. The van der Waals surface area contributed by atoms with E-state index in [1.807, 2.05) is 0 Å². The first-order valence-electron chi connectivity index (χ1n) is 9.43. The highest BCUT2D eigenvalue weighted by molar-refractivity contribution is 6.30. The molecule has 10 heteroatoms. The molecule has 0 aliphatic rings. The van der Waals surface area contributed by atoms with Gasteiger partial charge in [0.25, 0.3) is 5.91 Å². The maximum Gasteiger partial charge on any atom is 0.270 e. The molecule has 2 aromatic heterocycles. The van der Waals surface area contributed by atoms with Crippen LogP contribution in [0.2, 0.25) is 5.02 Å². The highest BCUT2D eigenvalue weighted by Gasteiger charge is 2.24. The van der Waals surface area contributed by atoms with E-state index in [9.17, 15) is 13.6 Å². The van der Waals surface area contributed by atoms with Crippen LogP contribution in [0.4, 0.5) is 8.78 Å². The fourth-order valence-corrected chi connectivity index (χ4v) is 3.34. The number of aryl methyl sites for hydroxylation is 1. The Bertz CT molecular complexity index is 1100. The Hall–Kier alpha value is -2.75. The third kappa shape index (κ3) is 5.12. The normalized spacial score (nSPS) is 13.3. The zero-order valence-electron chi connectivity index (χ0n) is 17.3. The van der Waals surface area contributed by atoms with Crippen LogP contribution in [0.15, 0.2) is 30.5 Å². The highest BCUT2D eigenvalue weighted by Crippen LogP contribution is 2.28. The van der Waals surface area contributed by atoms with Gasteiger partial charge >= 0.3 is 0 Å². The molecule has 0 radical (unpaired) electrons. The Morgan fingerprint density at radius 3 is 2.68 bits per heavy atom. The third-order valence-corrected chi connectivity index (χ3v) is 4.81. The van der Waals surface area contributed by atoms with Crippen LogP contribution in [0.25, 0.3) is 5.65 Å². The van der Waals surface area contributed by atoms with Gasteiger partial charge in [-0.2, -0.15) is 0 Å². The molecule has 3 rings (SSSR count). The van der Waals surface area contributed by atoms with Gasteiger partial charge in [0.1, 0.15) is 23.9 Å². The molecule has 166 valence electrons. The number of nitrogens with one attached hydrogen (secondary N) is 1. The van der Waals surface area contributed by atoms with Crippen molar-refractivity contribution in [1.29, 1.82) is 0 Å². The number of benzene rings is 1. The van der Waals surface area contributed by atoms with Gasteiger partial charge in [0, 0.05) is 25.9 Å². The van der Waals surface area contributed by atoms with E-state index in [-0.39, 0.29) is 47.4 Å². The van der Waals surface area contributed by atoms with Crippen molar-refractivity contribution >= 4 is 23.2 Å². The van der Waals surface area contributed by atoms with Gasteiger partial charge in [0.2, 0.25) is 0 Å². The predicted octanol–water partition coefficient (Wildman–Crippen LogP) is 3.25. The number of hydrogen-bond acceptors (Lipinski definition) is 5. The van der Waals surface area contributed by atoms with Crippen LogP contribution in [-0.4, -0.2) is 41.1 Å². The molecule has 0 fully saturated rings. The summed E-state index contributed by atoms with van der Waals surface area (Å²) in [6.07, 6.45) is 1.51.